The van der Waals surface area contributed by atoms with Crippen molar-refractivity contribution in [2.24, 2.45) is 0 Å². The Morgan fingerprint density at radius 1 is 1.24 bits per heavy atom. The van der Waals surface area contributed by atoms with Crippen LogP contribution in [0.1, 0.15) is 35.8 Å². The highest BCUT2D eigenvalue weighted by molar-refractivity contribution is 6.32. The van der Waals surface area contributed by atoms with Gasteiger partial charge in [-0.25, -0.2) is 0 Å². The van der Waals surface area contributed by atoms with E-state index in [1.807, 2.05) is 13.8 Å². The van der Waals surface area contributed by atoms with Crippen molar-refractivity contribution in [2.75, 3.05) is 0 Å². The Morgan fingerprint density at radius 2 is 2.00 bits per heavy atom. The van der Waals surface area contributed by atoms with Crippen LogP contribution < -0.4 is 4.74 Å². The van der Waals surface area contributed by atoms with Gasteiger partial charge < -0.3 is 4.74 Å². The average Bonchev–Trinajstić information content (AvgIpc) is 3.19. The van der Waals surface area contributed by atoms with Gasteiger partial charge in [-0.1, -0.05) is 35.9 Å². The van der Waals surface area contributed by atoms with E-state index in [4.69, 9.17) is 16.3 Å². The average molecular weight is 412 g/mol. The van der Waals surface area contributed by atoms with Gasteiger partial charge in [-0.2, -0.15) is 5.10 Å². The summed E-state index contributed by atoms with van der Waals surface area (Å²) in [6.07, 6.45) is 6.03. The van der Waals surface area contributed by atoms with Gasteiger partial charge in [0.15, 0.2) is 5.78 Å². The molecule has 1 aromatic heterocycles. The lowest BCUT2D eigenvalue weighted by Gasteiger charge is -2.08. The number of nitrogens with zero attached hydrogens (tertiary/aromatic N) is 3. The molecular formula is C21H18ClN3O4. The molecule has 3 rings (SSSR count). The Bertz CT molecular complexity index is 1090. The third-order valence-corrected chi connectivity index (χ3v) is 4.39. The zero-order valence-electron chi connectivity index (χ0n) is 15.8. The van der Waals surface area contributed by atoms with E-state index in [1.165, 1.54) is 30.5 Å². The Morgan fingerprint density at radius 3 is 2.66 bits per heavy atom. The third kappa shape index (κ3) is 4.89. The number of nitro benzene ring substituents is 1. The molecule has 0 saturated heterocycles. The monoisotopic (exact) mass is 411 g/mol. The van der Waals surface area contributed by atoms with E-state index < -0.39 is 4.92 Å². The van der Waals surface area contributed by atoms with Crippen molar-refractivity contribution in [3.63, 3.8) is 0 Å². The first-order valence-corrected chi connectivity index (χ1v) is 9.20. The van der Waals surface area contributed by atoms with E-state index >= 15 is 0 Å². The third-order valence-electron chi connectivity index (χ3n) is 4.08. The van der Waals surface area contributed by atoms with Crippen LogP contribution in [-0.2, 0) is 0 Å². The molecule has 7 nitrogen and oxygen atoms in total. The first-order chi connectivity index (χ1) is 13.8. The van der Waals surface area contributed by atoms with Crippen LogP contribution in [0, 0.1) is 10.1 Å². The highest BCUT2D eigenvalue weighted by Gasteiger charge is 2.17. The van der Waals surface area contributed by atoms with Crippen molar-refractivity contribution >= 4 is 29.1 Å². The van der Waals surface area contributed by atoms with Crippen LogP contribution in [-0.4, -0.2) is 20.5 Å². The quantitative estimate of drug-likeness (QED) is 0.215. The van der Waals surface area contributed by atoms with Crippen molar-refractivity contribution in [1.82, 2.24) is 9.78 Å². The van der Waals surface area contributed by atoms with E-state index in [1.54, 1.807) is 41.2 Å². The molecule has 0 N–H and O–H groups in total. The van der Waals surface area contributed by atoms with Gasteiger partial charge in [-0.05, 0) is 43.7 Å². The number of para-hydroxylation sites is 1. The fourth-order valence-corrected chi connectivity index (χ4v) is 2.70. The van der Waals surface area contributed by atoms with Crippen LogP contribution in [0.15, 0.2) is 60.9 Å². The number of hydrogen-bond donors (Lipinski definition) is 0. The number of hydrogen-bond acceptors (Lipinski definition) is 5. The number of carbonyl (C=O) groups excluding carboxylic acids is 1. The minimum absolute atomic E-state index is 0.0600. The van der Waals surface area contributed by atoms with Gasteiger partial charge in [0.2, 0.25) is 5.75 Å². The summed E-state index contributed by atoms with van der Waals surface area (Å²) < 4.78 is 7.29. The van der Waals surface area contributed by atoms with Crippen molar-refractivity contribution in [3.05, 3.63) is 87.2 Å². The van der Waals surface area contributed by atoms with Crippen LogP contribution >= 0.6 is 11.6 Å². The second-order valence-corrected chi connectivity index (χ2v) is 6.92. The molecular weight excluding hydrogens is 394 g/mol. The number of ether oxygens (including phenoxy) is 1. The molecule has 0 bridgehead atoms. The van der Waals surface area contributed by atoms with Crippen LogP contribution in [0.25, 0.3) is 6.08 Å². The van der Waals surface area contributed by atoms with E-state index in [2.05, 4.69) is 5.10 Å². The number of rotatable bonds is 7. The predicted molar refractivity (Wildman–Crippen MR) is 111 cm³/mol. The Labute approximate surface area is 172 Å². The first kappa shape index (κ1) is 20.3. The van der Waals surface area contributed by atoms with Crippen molar-refractivity contribution in [3.8, 4) is 11.5 Å². The normalized spacial score (nSPS) is 11.2. The maximum atomic E-state index is 12.3. The molecule has 0 aliphatic carbocycles. The van der Waals surface area contributed by atoms with Crippen molar-refractivity contribution in [1.29, 1.82) is 0 Å². The van der Waals surface area contributed by atoms with Crippen LogP contribution in [0.4, 0.5) is 5.69 Å². The molecule has 2 aromatic carbocycles. The molecule has 0 atom stereocenters. The number of halogens is 1. The van der Waals surface area contributed by atoms with Crippen LogP contribution in [0.2, 0.25) is 5.02 Å². The number of allylic oxidation sites excluding steroid dienone is 1. The molecule has 3 aromatic rings. The summed E-state index contributed by atoms with van der Waals surface area (Å²) in [5.74, 6) is 0.138. The molecule has 8 heteroatoms. The molecule has 0 fully saturated rings. The molecule has 0 amide bonds. The van der Waals surface area contributed by atoms with E-state index in [-0.39, 0.29) is 23.3 Å². The summed E-state index contributed by atoms with van der Waals surface area (Å²) in [7, 11) is 0. The summed E-state index contributed by atoms with van der Waals surface area (Å²) in [4.78, 5) is 23.2. The molecule has 0 spiro atoms. The largest absolute Gasteiger partial charge is 0.449 e. The fraction of sp³-hybridized carbons (Fsp3) is 0.143. The standard InChI is InChI=1S/C21H18ClN3O4/c1-14(2)24-13-16(12-23-24)19(26)9-7-15-8-10-21(18(11-15)25(27)28)29-20-6-4-3-5-17(20)22/h3-14H,1-2H3/b9-7+. The number of carbonyl (C=O) groups is 1. The topological polar surface area (TPSA) is 87.3 Å². The second-order valence-electron chi connectivity index (χ2n) is 6.52. The zero-order chi connectivity index (χ0) is 21.0. The molecule has 0 aliphatic rings. The first-order valence-electron chi connectivity index (χ1n) is 8.82. The molecule has 0 aliphatic heterocycles. The summed E-state index contributed by atoms with van der Waals surface area (Å²) in [5, 5.41) is 15.9. The smallest absolute Gasteiger partial charge is 0.312 e. The second kappa shape index (κ2) is 8.70. The van der Waals surface area contributed by atoms with E-state index in [9.17, 15) is 14.9 Å². The van der Waals surface area contributed by atoms with Crippen molar-refractivity contribution in [2.45, 2.75) is 19.9 Å². The number of nitro groups is 1. The minimum Gasteiger partial charge on any atom is -0.449 e. The Hall–Kier alpha value is -3.45. The van der Waals surface area contributed by atoms with Gasteiger partial charge in [0.05, 0.1) is 21.7 Å². The predicted octanol–water partition coefficient (Wildman–Crippen LogP) is 5.71. The van der Waals surface area contributed by atoms with E-state index in [0.29, 0.717) is 21.9 Å². The highest BCUT2D eigenvalue weighted by atomic mass is 35.5. The summed E-state index contributed by atoms with van der Waals surface area (Å²) in [6, 6.07) is 11.3. The van der Waals surface area contributed by atoms with Crippen LogP contribution in [0.3, 0.4) is 0 Å². The lowest BCUT2D eigenvalue weighted by molar-refractivity contribution is -0.385. The summed E-state index contributed by atoms with van der Waals surface area (Å²) >= 11 is 6.05. The van der Waals surface area contributed by atoms with E-state index in [0.717, 1.165) is 0 Å². The molecule has 1 heterocycles. The minimum atomic E-state index is -0.544. The lowest BCUT2D eigenvalue weighted by atomic mass is 10.1. The summed E-state index contributed by atoms with van der Waals surface area (Å²) in [6.45, 7) is 3.92. The molecule has 29 heavy (non-hydrogen) atoms. The SMILES string of the molecule is CC(C)n1cc(C(=O)/C=C/c2ccc(Oc3ccccc3Cl)c([N+](=O)[O-])c2)cn1. The summed E-state index contributed by atoms with van der Waals surface area (Å²) in [5.41, 5.74) is 0.711. The maximum Gasteiger partial charge on any atom is 0.312 e. The molecule has 148 valence electrons. The molecule has 0 saturated carbocycles. The van der Waals surface area contributed by atoms with Gasteiger partial charge in [-0.15, -0.1) is 0 Å². The molecule has 0 unspecified atom stereocenters. The van der Waals surface area contributed by atoms with Gasteiger partial charge in [0.1, 0.15) is 5.75 Å². The Kier molecular flexibility index (Phi) is 6.09. The van der Waals surface area contributed by atoms with Gasteiger partial charge in [0, 0.05) is 18.3 Å². The van der Waals surface area contributed by atoms with Gasteiger partial charge in [0.25, 0.3) is 0 Å². The molecule has 0 radical (unpaired) electrons. The van der Waals surface area contributed by atoms with Crippen LogP contribution in [0.5, 0.6) is 11.5 Å². The maximum absolute atomic E-state index is 12.3. The van der Waals surface area contributed by atoms with Gasteiger partial charge >= 0.3 is 5.69 Å². The number of ketones is 1. The lowest BCUT2D eigenvalue weighted by Crippen LogP contribution is -2.00. The fourth-order valence-electron chi connectivity index (χ4n) is 2.53. The zero-order valence-corrected chi connectivity index (χ0v) is 16.5. The number of benzene rings is 2. The number of aromatic nitrogens is 2. The van der Waals surface area contributed by atoms with Crippen molar-refractivity contribution < 1.29 is 14.5 Å². The van der Waals surface area contributed by atoms with Gasteiger partial charge in [-0.3, -0.25) is 19.6 Å². The Balaban J connectivity index is 1.82. The highest BCUT2D eigenvalue weighted by Crippen LogP contribution is 2.35.